The zero-order chi connectivity index (χ0) is 13.2. The second kappa shape index (κ2) is 6.07. The molecule has 6 heteroatoms. The van der Waals surface area contributed by atoms with Crippen LogP contribution in [0.4, 0.5) is 0 Å². The number of hydrogen-bond donors (Lipinski definition) is 0. The van der Waals surface area contributed by atoms with E-state index in [9.17, 15) is 0 Å². The summed E-state index contributed by atoms with van der Waals surface area (Å²) in [5.74, 6) is 0. The first-order valence-corrected chi connectivity index (χ1v) is 8.99. The van der Waals surface area contributed by atoms with Crippen molar-refractivity contribution in [3.8, 4) is 0 Å². The standard InChI is InChI=1S/C12H10Cl4S2/c13-9-5-1-3-7-11(9,15)17-18-12(16)8-4-2-6-10(12)14/h1-10H. The predicted molar refractivity (Wildman–Crippen MR) is 88.2 cm³/mol. The van der Waals surface area contributed by atoms with Crippen molar-refractivity contribution in [1.82, 2.24) is 0 Å². The van der Waals surface area contributed by atoms with Crippen LogP contribution < -0.4 is 0 Å². The van der Waals surface area contributed by atoms with E-state index in [0.29, 0.717) is 0 Å². The summed E-state index contributed by atoms with van der Waals surface area (Å²) in [5, 5.41) is -0.558. The fraction of sp³-hybridized carbons (Fsp3) is 0.333. The molecule has 2 rings (SSSR count). The number of rotatable bonds is 3. The fourth-order valence-corrected chi connectivity index (χ4v) is 5.76. The number of alkyl halides is 4. The monoisotopic (exact) mass is 358 g/mol. The lowest BCUT2D eigenvalue weighted by molar-refractivity contribution is 0.981. The molecule has 0 fully saturated rings. The average molecular weight is 360 g/mol. The van der Waals surface area contributed by atoms with Crippen LogP contribution in [-0.2, 0) is 0 Å². The molecule has 4 atom stereocenters. The van der Waals surface area contributed by atoms with Gasteiger partial charge in [-0.05, 0) is 0 Å². The van der Waals surface area contributed by atoms with Crippen LogP contribution in [0.15, 0.2) is 48.6 Å². The molecule has 0 radical (unpaired) electrons. The molecule has 2 aliphatic rings. The summed E-state index contributed by atoms with van der Waals surface area (Å²) >= 11 is 25.4. The predicted octanol–water partition coefficient (Wildman–Crippen LogP) is 5.70. The molecule has 0 bridgehead atoms. The summed E-state index contributed by atoms with van der Waals surface area (Å²) in [6.07, 6.45) is 15.0. The molecular formula is C12H10Cl4S2. The van der Waals surface area contributed by atoms with Gasteiger partial charge < -0.3 is 0 Å². The van der Waals surface area contributed by atoms with E-state index in [1.807, 2.05) is 48.6 Å². The van der Waals surface area contributed by atoms with E-state index in [-0.39, 0.29) is 10.8 Å². The molecule has 0 saturated carbocycles. The Morgan fingerprint density at radius 2 is 1.11 bits per heavy atom. The summed E-state index contributed by atoms with van der Waals surface area (Å²) in [6, 6.07) is 0. The fourth-order valence-electron chi connectivity index (χ4n) is 1.42. The van der Waals surface area contributed by atoms with Gasteiger partial charge in [0.1, 0.15) is 8.41 Å². The highest BCUT2D eigenvalue weighted by molar-refractivity contribution is 8.78. The largest absolute Gasteiger partial charge is 0.138 e. The van der Waals surface area contributed by atoms with Crippen molar-refractivity contribution >= 4 is 68.0 Å². The molecule has 0 aromatic heterocycles. The van der Waals surface area contributed by atoms with Crippen LogP contribution in [0.1, 0.15) is 0 Å². The van der Waals surface area contributed by atoms with Crippen LogP contribution in [0.3, 0.4) is 0 Å². The van der Waals surface area contributed by atoms with Gasteiger partial charge in [0.05, 0.1) is 10.8 Å². The molecule has 0 amide bonds. The Morgan fingerprint density at radius 3 is 1.44 bits per heavy atom. The first-order chi connectivity index (χ1) is 8.46. The van der Waals surface area contributed by atoms with Crippen LogP contribution in [0.2, 0.25) is 0 Å². The van der Waals surface area contributed by atoms with E-state index in [4.69, 9.17) is 46.4 Å². The number of allylic oxidation sites excluding steroid dienone is 6. The Kier molecular flexibility index (Phi) is 5.13. The third kappa shape index (κ3) is 3.28. The first-order valence-electron chi connectivity index (χ1n) is 5.21. The third-order valence-electron chi connectivity index (χ3n) is 2.48. The highest BCUT2D eigenvalue weighted by atomic mass is 35.5. The van der Waals surface area contributed by atoms with Gasteiger partial charge in [0.2, 0.25) is 0 Å². The van der Waals surface area contributed by atoms with E-state index in [1.165, 1.54) is 21.6 Å². The Balaban J connectivity index is 2.03. The smallest absolute Gasteiger partial charge is 0.115 e. The summed E-state index contributed by atoms with van der Waals surface area (Å²) in [7, 11) is 2.85. The SMILES string of the molecule is ClC1C=CC=CC1(Cl)SSC1(Cl)C=CC=CC1Cl. The van der Waals surface area contributed by atoms with E-state index in [2.05, 4.69) is 0 Å². The molecule has 18 heavy (non-hydrogen) atoms. The second-order valence-corrected chi connectivity index (χ2v) is 9.18. The van der Waals surface area contributed by atoms with Gasteiger partial charge in [-0.15, -0.1) is 23.2 Å². The van der Waals surface area contributed by atoms with Gasteiger partial charge in [-0.3, -0.25) is 0 Å². The normalized spacial score (nSPS) is 42.4. The number of hydrogen-bond acceptors (Lipinski definition) is 2. The first kappa shape index (κ1) is 15.2. The van der Waals surface area contributed by atoms with E-state index >= 15 is 0 Å². The van der Waals surface area contributed by atoms with Crippen molar-refractivity contribution in [2.45, 2.75) is 19.2 Å². The maximum atomic E-state index is 6.48. The van der Waals surface area contributed by atoms with Crippen molar-refractivity contribution < 1.29 is 0 Å². The molecule has 2 aliphatic carbocycles. The minimum absolute atomic E-state index is 0.279. The third-order valence-corrected chi connectivity index (χ3v) is 8.95. The lowest BCUT2D eigenvalue weighted by Crippen LogP contribution is -2.30. The van der Waals surface area contributed by atoms with Crippen LogP contribution >= 0.6 is 68.0 Å². The molecule has 4 unspecified atom stereocenters. The molecule has 0 N–H and O–H groups in total. The minimum atomic E-state index is -0.700. The van der Waals surface area contributed by atoms with Gasteiger partial charge >= 0.3 is 0 Å². The molecule has 0 heterocycles. The zero-order valence-corrected chi connectivity index (χ0v) is 13.8. The second-order valence-electron chi connectivity index (χ2n) is 3.85. The lowest BCUT2D eigenvalue weighted by atomic mass is 10.2. The van der Waals surface area contributed by atoms with Crippen molar-refractivity contribution in [3.05, 3.63) is 48.6 Å². The minimum Gasteiger partial charge on any atom is -0.115 e. The Morgan fingerprint density at radius 1 is 0.722 bits per heavy atom. The van der Waals surface area contributed by atoms with Gasteiger partial charge in [-0.25, -0.2) is 0 Å². The molecule has 0 aliphatic heterocycles. The molecule has 0 spiro atoms. The van der Waals surface area contributed by atoms with Gasteiger partial charge in [0, 0.05) is 0 Å². The van der Waals surface area contributed by atoms with Crippen molar-refractivity contribution in [2.75, 3.05) is 0 Å². The van der Waals surface area contributed by atoms with E-state index in [0.717, 1.165) is 0 Å². The van der Waals surface area contributed by atoms with Crippen LogP contribution in [0.25, 0.3) is 0 Å². The summed E-state index contributed by atoms with van der Waals surface area (Å²) in [5.41, 5.74) is 0. The quantitative estimate of drug-likeness (QED) is 0.467. The van der Waals surface area contributed by atoms with Crippen molar-refractivity contribution in [2.24, 2.45) is 0 Å². The van der Waals surface area contributed by atoms with Gasteiger partial charge in [-0.1, -0.05) is 93.4 Å². The highest BCUT2D eigenvalue weighted by Gasteiger charge is 2.40. The van der Waals surface area contributed by atoms with Crippen LogP contribution in [0.5, 0.6) is 0 Å². The average Bonchev–Trinajstić information content (AvgIpc) is 2.35. The Labute approximate surface area is 135 Å². The van der Waals surface area contributed by atoms with Crippen LogP contribution in [-0.4, -0.2) is 19.2 Å². The molecular weight excluding hydrogens is 350 g/mol. The molecule has 98 valence electrons. The van der Waals surface area contributed by atoms with E-state index < -0.39 is 8.41 Å². The Hall–Kier alpha value is 0.820. The van der Waals surface area contributed by atoms with E-state index in [1.54, 1.807) is 0 Å². The van der Waals surface area contributed by atoms with Gasteiger partial charge in [0.15, 0.2) is 0 Å². The van der Waals surface area contributed by atoms with Gasteiger partial charge in [0.25, 0.3) is 0 Å². The maximum Gasteiger partial charge on any atom is 0.138 e. The molecule has 0 nitrogen and oxygen atoms in total. The Bertz CT molecular complexity index is 392. The summed E-state index contributed by atoms with van der Waals surface area (Å²) in [6.45, 7) is 0. The van der Waals surface area contributed by atoms with Crippen LogP contribution in [0, 0.1) is 0 Å². The molecule has 0 aromatic carbocycles. The zero-order valence-electron chi connectivity index (χ0n) is 9.10. The highest BCUT2D eigenvalue weighted by Crippen LogP contribution is 2.55. The van der Waals surface area contributed by atoms with Crippen molar-refractivity contribution in [1.29, 1.82) is 0 Å². The molecule has 0 aromatic rings. The van der Waals surface area contributed by atoms with Gasteiger partial charge in [-0.2, -0.15) is 0 Å². The summed E-state index contributed by atoms with van der Waals surface area (Å²) < 4.78 is -1.40. The molecule has 0 saturated heterocycles. The lowest BCUT2D eigenvalue weighted by Gasteiger charge is -2.33. The summed E-state index contributed by atoms with van der Waals surface area (Å²) in [4.78, 5) is 0. The topological polar surface area (TPSA) is 0 Å². The number of halogens is 4. The maximum absolute atomic E-state index is 6.48. The van der Waals surface area contributed by atoms with Crippen molar-refractivity contribution in [3.63, 3.8) is 0 Å².